The number of aromatic nitrogens is 2. The highest BCUT2D eigenvalue weighted by Gasteiger charge is 2.11. The van der Waals surface area contributed by atoms with Gasteiger partial charge in [0.05, 0.1) is 10.9 Å². The van der Waals surface area contributed by atoms with Crippen LogP contribution in [0, 0.1) is 0 Å². The Morgan fingerprint density at radius 2 is 1.62 bits per heavy atom. The first-order chi connectivity index (χ1) is 7.74. The molecule has 3 rings (SSSR count). The predicted octanol–water partition coefficient (Wildman–Crippen LogP) is 1.10. The summed E-state index contributed by atoms with van der Waals surface area (Å²) < 4.78 is 0. The molecule has 0 fully saturated rings. The molecule has 1 heterocycles. The van der Waals surface area contributed by atoms with Crippen LogP contribution in [0.15, 0.2) is 21.7 Å². The molecule has 0 bridgehead atoms. The molecule has 0 spiro atoms. The van der Waals surface area contributed by atoms with Crippen molar-refractivity contribution < 1.29 is 0 Å². The molecule has 2 N–H and O–H groups in total. The quantitative estimate of drug-likeness (QED) is 0.692. The number of H-pyrrole nitrogens is 2. The maximum Gasteiger partial charge on any atom is 0.326 e. The summed E-state index contributed by atoms with van der Waals surface area (Å²) in [5, 5.41) is 0.584. The fourth-order valence-electron chi connectivity index (χ4n) is 2.40. The zero-order valence-electron chi connectivity index (χ0n) is 8.80. The maximum atomic E-state index is 11.6. The van der Waals surface area contributed by atoms with Gasteiger partial charge < -0.3 is 4.98 Å². The zero-order valence-corrected chi connectivity index (χ0v) is 8.80. The third-order valence-corrected chi connectivity index (χ3v) is 3.20. The van der Waals surface area contributed by atoms with E-state index < -0.39 is 5.69 Å². The summed E-state index contributed by atoms with van der Waals surface area (Å²) in [6, 6.07) is 3.86. The Hall–Kier alpha value is -1.84. The van der Waals surface area contributed by atoms with Crippen molar-refractivity contribution >= 4 is 10.9 Å². The number of nitrogens with one attached hydrogen (secondary N) is 2. The van der Waals surface area contributed by atoms with E-state index in [0.29, 0.717) is 10.9 Å². The second-order valence-corrected chi connectivity index (χ2v) is 4.28. The minimum atomic E-state index is -0.437. The van der Waals surface area contributed by atoms with Crippen LogP contribution in [-0.2, 0) is 12.8 Å². The summed E-state index contributed by atoms with van der Waals surface area (Å²) in [6.45, 7) is 0. The smallest absolute Gasteiger partial charge is 0.307 e. The molecule has 0 aliphatic heterocycles. The SMILES string of the molecule is O=c1[nH]c(=O)c2cc3c(cc2[nH]1)CCCC3. The minimum absolute atomic E-state index is 0.299. The van der Waals surface area contributed by atoms with Crippen LogP contribution in [0.25, 0.3) is 10.9 Å². The van der Waals surface area contributed by atoms with Crippen molar-refractivity contribution in [2.75, 3.05) is 0 Å². The molecule has 0 unspecified atom stereocenters. The van der Waals surface area contributed by atoms with Gasteiger partial charge in [-0.15, -0.1) is 0 Å². The minimum Gasteiger partial charge on any atom is -0.307 e. The van der Waals surface area contributed by atoms with Crippen molar-refractivity contribution in [3.05, 3.63) is 44.1 Å². The molecule has 1 aromatic carbocycles. The Morgan fingerprint density at radius 3 is 2.38 bits per heavy atom. The lowest BCUT2D eigenvalue weighted by Gasteiger charge is -2.15. The Kier molecular flexibility index (Phi) is 1.96. The molecule has 4 heteroatoms. The van der Waals surface area contributed by atoms with Gasteiger partial charge >= 0.3 is 5.69 Å². The molecule has 4 nitrogen and oxygen atoms in total. The van der Waals surface area contributed by atoms with E-state index in [9.17, 15) is 9.59 Å². The van der Waals surface area contributed by atoms with Crippen LogP contribution in [0.2, 0.25) is 0 Å². The van der Waals surface area contributed by atoms with Crippen LogP contribution in [0.1, 0.15) is 24.0 Å². The molecule has 0 saturated carbocycles. The Morgan fingerprint density at radius 1 is 0.938 bits per heavy atom. The van der Waals surface area contributed by atoms with E-state index in [1.807, 2.05) is 12.1 Å². The van der Waals surface area contributed by atoms with Crippen molar-refractivity contribution in [3.8, 4) is 0 Å². The third kappa shape index (κ3) is 1.38. The molecule has 2 aromatic rings. The number of aromatic amines is 2. The first-order valence-corrected chi connectivity index (χ1v) is 5.52. The molecule has 0 radical (unpaired) electrons. The molecule has 1 aliphatic rings. The summed E-state index contributed by atoms with van der Waals surface area (Å²) in [6.07, 6.45) is 4.44. The third-order valence-electron chi connectivity index (χ3n) is 3.20. The van der Waals surface area contributed by atoms with E-state index >= 15 is 0 Å². The Labute approximate surface area is 91.3 Å². The lowest BCUT2D eigenvalue weighted by atomic mass is 9.90. The summed E-state index contributed by atoms with van der Waals surface area (Å²) in [7, 11) is 0. The average Bonchev–Trinajstić information content (AvgIpc) is 2.27. The number of rotatable bonds is 0. The molecule has 82 valence electrons. The normalized spacial score (nSPS) is 15.0. The second kappa shape index (κ2) is 3.33. The van der Waals surface area contributed by atoms with Crippen LogP contribution < -0.4 is 11.2 Å². The average molecular weight is 216 g/mol. The standard InChI is InChI=1S/C12H12N2O2/c15-11-9-5-7-3-1-2-4-8(7)6-10(9)13-12(16)14-11/h5-6H,1-4H2,(H2,13,14,15,16). The fraction of sp³-hybridized carbons (Fsp3) is 0.333. The number of hydrogen-bond donors (Lipinski definition) is 2. The van der Waals surface area contributed by atoms with Gasteiger partial charge in [-0.3, -0.25) is 9.78 Å². The van der Waals surface area contributed by atoms with Crippen molar-refractivity contribution in [1.82, 2.24) is 9.97 Å². The first kappa shape index (κ1) is 9.39. The fourth-order valence-corrected chi connectivity index (χ4v) is 2.40. The highest BCUT2D eigenvalue weighted by Crippen LogP contribution is 2.23. The summed E-state index contributed by atoms with van der Waals surface area (Å²) >= 11 is 0. The molecule has 1 aromatic heterocycles. The van der Waals surface area contributed by atoms with Crippen LogP contribution in [0.4, 0.5) is 0 Å². The van der Waals surface area contributed by atoms with Gasteiger partial charge in [-0.25, -0.2) is 4.79 Å². The second-order valence-electron chi connectivity index (χ2n) is 4.28. The largest absolute Gasteiger partial charge is 0.326 e. The van der Waals surface area contributed by atoms with Crippen molar-refractivity contribution in [2.45, 2.75) is 25.7 Å². The van der Waals surface area contributed by atoms with Crippen LogP contribution in [0.5, 0.6) is 0 Å². The Balaban J connectivity index is 2.40. The summed E-state index contributed by atoms with van der Waals surface area (Å²) in [5.41, 5.74) is 2.42. The summed E-state index contributed by atoms with van der Waals surface area (Å²) in [4.78, 5) is 27.7. The van der Waals surface area contributed by atoms with Crippen LogP contribution >= 0.6 is 0 Å². The lowest BCUT2D eigenvalue weighted by molar-refractivity contribution is 0.686. The zero-order chi connectivity index (χ0) is 11.1. The van der Waals surface area contributed by atoms with Gasteiger partial charge in [0.2, 0.25) is 0 Å². The number of hydrogen-bond acceptors (Lipinski definition) is 2. The van der Waals surface area contributed by atoms with Gasteiger partial charge in [0.25, 0.3) is 5.56 Å². The van der Waals surface area contributed by atoms with Crippen molar-refractivity contribution in [1.29, 1.82) is 0 Å². The Bertz CT molecular complexity index is 667. The van der Waals surface area contributed by atoms with E-state index in [1.165, 1.54) is 24.0 Å². The predicted molar refractivity (Wildman–Crippen MR) is 61.8 cm³/mol. The maximum absolute atomic E-state index is 11.6. The highest BCUT2D eigenvalue weighted by atomic mass is 16.2. The number of benzene rings is 1. The topological polar surface area (TPSA) is 65.7 Å². The van der Waals surface area contributed by atoms with E-state index in [4.69, 9.17) is 0 Å². The van der Waals surface area contributed by atoms with Gasteiger partial charge in [0.1, 0.15) is 0 Å². The summed E-state index contributed by atoms with van der Waals surface area (Å²) in [5.74, 6) is 0. The van der Waals surface area contributed by atoms with E-state index in [-0.39, 0.29) is 5.56 Å². The van der Waals surface area contributed by atoms with Crippen molar-refractivity contribution in [3.63, 3.8) is 0 Å². The molecule has 0 saturated heterocycles. The molecule has 1 aliphatic carbocycles. The molecule has 0 atom stereocenters. The molecular formula is C12H12N2O2. The van der Waals surface area contributed by atoms with Gasteiger partial charge in [-0.05, 0) is 48.9 Å². The lowest BCUT2D eigenvalue weighted by Crippen LogP contribution is -2.22. The van der Waals surface area contributed by atoms with E-state index in [0.717, 1.165) is 12.8 Å². The highest BCUT2D eigenvalue weighted by molar-refractivity contribution is 5.79. The van der Waals surface area contributed by atoms with Crippen molar-refractivity contribution in [2.24, 2.45) is 0 Å². The van der Waals surface area contributed by atoms with Gasteiger partial charge in [-0.2, -0.15) is 0 Å². The van der Waals surface area contributed by atoms with Gasteiger partial charge in [0.15, 0.2) is 0 Å². The van der Waals surface area contributed by atoms with Gasteiger partial charge in [-0.1, -0.05) is 0 Å². The number of aryl methyl sites for hydroxylation is 2. The van der Waals surface area contributed by atoms with Gasteiger partial charge in [0, 0.05) is 0 Å². The van der Waals surface area contributed by atoms with E-state index in [2.05, 4.69) is 9.97 Å². The molecule has 0 amide bonds. The number of fused-ring (bicyclic) bond motifs is 2. The molecule has 16 heavy (non-hydrogen) atoms. The van der Waals surface area contributed by atoms with E-state index in [1.54, 1.807) is 0 Å². The van der Waals surface area contributed by atoms with Crippen LogP contribution in [-0.4, -0.2) is 9.97 Å². The monoisotopic (exact) mass is 216 g/mol. The molecular weight excluding hydrogens is 204 g/mol. The van der Waals surface area contributed by atoms with Crippen LogP contribution in [0.3, 0.4) is 0 Å². The first-order valence-electron chi connectivity index (χ1n) is 5.52.